The van der Waals surface area contributed by atoms with Crippen molar-refractivity contribution < 1.29 is 14.3 Å². The van der Waals surface area contributed by atoms with E-state index in [2.05, 4.69) is 11.1 Å². The molecule has 0 aliphatic carbocycles. The molecule has 0 aliphatic rings. The van der Waals surface area contributed by atoms with Crippen molar-refractivity contribution in [1.29, 1.82) is 10.5 Å². The number of nitriles is 2. The molecule has 3 rings (SSSR count). The minimum Gasteiger partial charge on any atom is -0.491 e. The van der Waals surface area contributed by atoms with Crippen LogP contribution in [0, 0.1) is 22.7 Å². The summed E-state index contributed by atoms with van der Waals surface area (Å²) >= 11 is 2.49. The Morgan fingerprint density at radius 3 is 2.58 bits per heavy atom. The van der Waals surface area contributed by atoms with Gasteiger partial charge in [0.25, 0.3) is 0 Å². The molecule has 0 fully saturated rings. The topological polar surface area (TPSA) is 96.0 Å². The Morgan fingerprint density at radius 1 is 1.19 bits per heavy atom. The smallest absolute Gasteiger partial charge is 0.351 e. The lowest BCUT2D eigenvalue weighted by molar-refractivity contribution is 0.0605. The third kappa shape index (κ3) is 3.25. The molecule has 26 heavy (non-hydrogen) atoms. The van der Waals surface area contributed by atoms with Gasteiger partial charge in [0.15, 0.2) is 10.6 Å². The number of benzene rings is 1. The van der Waals surface area contributed by atoms with Crippen molar-refractivity contribution in [2.24, 2.45) is 0 Å². The van der Waals surface area contributed by atoms with Gasteiger partial charge >= 0.3 is 5.97 Å². The van der Waals surface area contributed by atoms with Gasteiger partial charge in [-0.15, -0.1) is 22.7 Å². The van der Waals surface area contributed by atoms with Gasteiger partial charge in [0.05, 0.1) is 28.4 Å². The van der Waals surface area contributed by atoms with Crippen LogP contribution < -0.4 is 4.74 Å². The Morgan fingerprint density at radius 2 is 1.96 bits per heavy atom. The quantitative estimate of drug-likeness (QED) is 0.622. The van der Waals surface area contributed by atoms with Gasteiger partial charge < -0.3 is 9.47 Å². The van der Waals surface area contributed by atoms with Crippen molar-refractivity contribution in [2.45, 2.75) is 20.0 Å². The third-order valence-corrected chi connectivity index (χ3v) is 5.79. The number of thiazole rings is 1. The molecule has 130 valence electrons. The third-order valence-electron chi connectivity index (χ3n) is 3.40. The fourth-order valence-electron chi connectivity index (χ4n) is 2.39. The number of aromatic nitrogens is 1. The molecular weight excluding hydrogens is 370 g/mol. The van der Waals surface area contributed by atoms with Crippen LogP contribution in [0.2, 0.25) is 0 Å². The maximum absolute atomic E-state index is 11.8. The summed E-state index contributed by atoms with van der Waals surface area (Å²) in [5.74, 6) is 0.0391. The lowest BCUT2D eigenvalue weighted by Crippen LogP contribution is -2.05. The molecule has 0 amide bonds. The number of ether oxygens (including phenoxy) is 2. The highest BCUT2D eigenvalue weighted by Gasteiger charge is 2.21. The van der Waals surface area contributed by atoms with E-state index in [1.807, 2.05) is 32.0 Å². The highest BCUT2D eigenvalue weighted by molar-refractivity contribution is 7.26. The minimum absolute atomic E-state index is 0.00290. The Labute approximate surface area is 157 Å². The minimum atomic E-state index is -0.586. The van der Waals surface area contributed by atoms with E-state index in [1.54, 1.807) is 6.07 Å². The SMILES string of the molecule is COC(=O)c1sc(-c2cc3cc(OC(C)C)cc(C#N)c3s2)nc1C#N. The molecule has 0 bridgehead atoms. The Kier molecular flexibility index (Phi) is 4.90. The predicted molar refractivity (Wildman–Crippen MR) is 99.5 cm³/mol. The van der Waals surface area contributed by atoms with Crippen LogP contribution in [0.4, 0.5) is 0 Å². The van der Waals surface area contributed by atoms with Crippen LogP contribution in [0.15, 0.2) is 18.2 Å². The maximum Gasteiger partial charge on any atom is 0.351 e. The molecule has 8 heteroatoms. The van der Waals surface area contributed by atoms with Gasteiger partial charge in [0.1, 0.15) is 22.9 Å². The lowest BCUT2D eigenvalue weighted by Gasteiger charge is -2.09. The zero-order valence-electron chi connectivity index (χ0n) is 14.2. The van der Waals surface area contributed by atoms with Gasteiger partial charge in [-0.3, -0.25) is 0 Å². The van der Waals surface area contributed by atoms with Crippen LogP contribution in [0.25, 0.3) is 20.0 Å². The lowest BCUT2D eigenvalue weighted by atomic mass is 10.1. The molecule has 0 atom stereocenters. The summed E-state index contributed by atoms with van der Waals surface area (Å²) in [6.07, 6.45) is -0.00290. The molecule has 0 spiro atoms. The number of esters is 1. The normalized spacial score (nSPS) is 10.5. The molecule has 1 aromatic carbocycles. The summed E-state index contributed by atoms with van der Waals surface area (Å²) in [5, 5.41) is 20.0. The number of nitrogens with zero attached hydrogens (tertiary/aromatic N) is 3. The van der Waals surface area contributed by atoms with Gasteiger partial charge in [0, 0.05) is 0 Å². The second-order valence-corrected chi connectivity index (χ2v) is 7.63. The number of carbonyl (C=O) groups is 1. The number of rotatable bonds is 4. The van der Waals surface area contributed by atoms with E-state index in [9.17, 15) is 15.3 Å². The zero-order chi connectivity index (χ0) is 18.8. The Hall–Kier alpha value is -2.94. The highest BCUT2D eigenvalue weighted by atomic mass is 32.1. The van der Waals surface area contributed by atoms with Gasteiger partial charge in [-0.25, -0.2) is 9.78 Å². The molecule has 0 unspecified atom stereocenters. The first-order chi connectivity index (χ1) is 12.5. The van der Waals surface area contributed by atoms with Gasteiger partial charge in [-0.05, 0) is 37.4 Å². The Bertz CT molecular complexity index is 1080. The monoisotopic (exact) mass is 383 g/mol. The average molecular weight is 383 g/mol. The van der Waals surface area contributed by atoms with Crippen LogP contribution in [0.1, 0.15) is 34.8 Å². The molecule has 0 saturated heterocycles. The van der Waals surface area contributed by atoms with Crippen LogP contribution >= 0.6 is 22.7 Å². The van der Waals surface area contributed by atoms with Crippen molar-refractivity contribution in [3.8, 4) is 27.8 Å². The van der Waals surface area contributed by atoms with Gasteiger partial charge in [0.2, 0.25) is 0 Å². The van der Waals surface area contributed by atoms with E-state index in [1.165, 1.54) is 18.4 Å². The summed E-state index contributed by atoms with van der Waals surface area (Å²) in [5.41, 5.74) is 0.554. The van der Waals surface area contributed by atoms with E-state index in [4.69, 9.17) is 9.47 Å². The molecule has 2 heterocycles. The first-order valence-electron chi connectivity index (χ1n) is 7.60. The summed E-state index contributed by atoms with van der Waals surface area (Å²) < 4.78 is 11.2. The summed E-state index contributed by atoms with van der Waals surface area (Å²) in [4.78, 5) is 17.0. The number of fused-ring (bicyclic) bond motifs is 1. The fourth-order valence-corrected chi connectivity index (χ4v) is 4.47. The van der Waals surface area contributed by atoms with Crippen LogP contribution in [-0.4, -0.2) is 24.2 Å². The zero-order valence-corrected chi connectivity index (χ0v) is 15.8. The second kappa shape index (κ2) is 7.12. The largest absolute Gasteiger partial charge is 0.491 e. The fraction of sp³-hybridized carbons (Fsp3) is 0.222. The van der Waals surface area contributed by atoms with Crippen LogP contribution in [-0.2, 0) is 4.74 Å². The van der Waals surface area contributed by atoms with E-state index in [-0.39, 0.29) is 16.7 Å². The maximum atomic E-state index is 11.8. The van der Waals surface area contributed by atoms with Gasteiger partial charge in [-0.1, -0.05) is 0 Å². The van der Waals surface area contributed by atoms with Crippen molar-refractivity contribution in [1.82, 2.24) is 4.98 Å². The number of hydrogen-bond donors (Lipinski definition) is 0. The van der Waals surface area contributed by atoms with Crippen LogP contribution in [0.3, 0.4) is 0 Å². The van der Waals surface area contributed by atoms with E-state index in [0.29, 0.717) is 16.3 Å². The molecule has 3 aromatic rings. The number of carbonyl (C=O) groups excluding carboxylic acids is 1. The number of methoxy groups -OCH3 is 1. The molecule has 0 aliphatic heterocycles. The summed E-state index contributed by atoms with van der Waals surface area (Å²) in [7, 11) is 1.26. The highest BCUT2D eigenvalue weighted by Crippen LogP contribution is 2.39. The van der Waals surface area contributed by atoms with Crippen molar-refractivity contribution in [2.75, 3.05) is 7.11 Å². The molecule has 0 N–H and O–H groups in total. The summed E-state index contributed by atoms with van der Waals surface area (Å²) in [6, 6.07) is 9.58. The van der Waals surface area contributed by atoms with Crippen molar-refractivity contribution >= 4 is 38.7 Å². The van der Waals surface area contributed by atoms with Crippen molar-refractivity contribution in [3.63, 3.8) is 0 Å². The van der Waals surface area contributed by atoms with E-state index in [0.717, 1.165) is 26.3 Å². The summed E-state index contributed by atoms with van der Waals surface area (Å²) in [6.45, 7) is 3.84. The average Bonchev–Trinajstić information content (AvgIpc) is 3.23. The Balaban J connectivity index is 2.13. The predicted octanol–water partition coefficient (Wildman–Crippen LogP) is 4.34. The van der Waals surface area contributed by atoms with Gasteiger partial charge in [-0.2, -0.15) is 10.5 Å². The first-order valence-corrected chi connectivity index (χ1v) is 9.24. The molecule has 0 radical (unpaired) electrons. The first kappa shape index (κ1) is 17.9. The number of hydrogen-bond acceptors (Lipinski definition) is 8. The second-order valence-electron chi connectivity index (χ2n) is 5.58. The molecule has 2 aromatic heterocycles. The van der Waals surface area contributed by atoms with Crippen LogP contribution in [0.5, 0.6) is 5.75 Å². The molecule has 0 saturated carbocycles. The van der Waals surface area contributed by atoms with E-state index >= 15 is 0 Å². The molecular formula is C18H13N3O3S2. The molecule has 6 nitrogen and oxygen atoms in total. The number of thiophene rings is 1. The van der Waals surface area contributed by atoms with Crippen molar-refractivity contribution in [3.05, 3.63) is 34.3 Å². The standard InChI is InChI=1S/C18H13N3O3S2/c1-9(2)24-12-4-10-6-14(25-15(10)11(5-12)7-19)17-21-13(8-20)16(26-17)18(22)23-3/h4-6,9H,1-3H3. The van der Waals surface area contributed by atoms with E-state index < -0.39 is 5.97 Å².